The Morgan fingerprint density at radius 2 is 1.94 bits per heavy atom. The van der Waals surface area contributed by atoms with Gasteiger partial charge in [-0.1, -0.05) is 32.4 Å². The maximum atomic E-state index is 6.13. The molecule has 0 aliphatic rings. The van der Waals surface area contributed by atoms with Gasteiger partial charge in [-0.2, -0.15) is 0 Å². The standard InChI is InChI=1S/C15H28OSi/c1-8-9-10-11-14(2)12-13-16-17(6,7)15(3,4)5/h1,11H,9-10,12-13H2,2-7H3/b14-11+. The summed E-state index contributed by atoms with van der Waals surface area (Å²) in [6.07, 6.45) is 10.3. The van der Waals surface area contributed by atoms with Crippen LogP contribution in [0.1, 0.15) is 47.0 Å². The minimum absolute atomic E-state index is 0.300. The van der Waals surface area contributed by atoms with Crippen LogP contribution in [0, 0.1) is 12.3 Å². The third-order valence-corrected chi connectivity index (χ3v) is 8.09. The van der Waals surface area contributed by atoms with Crippen molar-refractivity contribution < 1.29 is 4.43 Å². The quantitative estimate of drug-likeness (QED) is 0.287. The molecule has 0 amide bonds. The first-order valence-electron chi connectivity index (χ1n) is 6.44. The predicted octanol–water partition coefficient (Wildman–Crippen LogP) is 4.76. The van der Waals surface area contributed by atoms with Crippen molar-refractivity contribution in [1.29, 1.82) is 0 Å². The molecule has 0 spiro atoms. The van der Waals surface area contributed by atoms with Crippen molar-refractivity contribution in [3.63, 3.8) is 0 Å². The van der Waals surface area contributed by atoms with Gasteiger partial charge in [-0.25, -0.2) is 0 Å². The molecule has 0 bridgehead atoms. The summed E-state index contributed by atoms with van der Waals surface area (Å²) >= 11 is 0. The highest BCUT2D eigenvalue weighted by molar-refractivity contribution is 6.74. The first-order chi connectivity index (χ1) is 7.70. The largest absolute Gasteiger partial charge is 0.417 e. The average molecular weight is 252 g/mol. The molecule has 0 aliphatic heterocycles. The van der Waals surface area contributed by atoms with Gasteiger partial charge in [0.2, 0.25) is 0 Å². The third kappa shape index (κ3) is 6.70. The van der Waals surface area contributed by atoms with Crippen LogP contribution in [0.3, 0.4) is 0 Å². The second kappa shape index (κ2) is 7.03. The van der Waals surface area contributed by atoms with Crippen molar-refractivity contribution in [3.05, 3.63) is 11.6 Å². The third-order valence-electron chi connectivity index (χ3n) is 3.55. The molecule has 0 N–H and O–H groups in total. The summed E-state index contributed by atoms with van der Waals surface area (Å²) in [6.45, 7) is 14.4. The van der Waals surface area contributed by atoms with Gasteiger partial charge in [-0.05, 0) is 37.9 Å². The Bertz CT molecular complexity index is 289. The van der Waals surface area contributed by atoms with Crippen LogP contribution in [0.4, 0.5) is 0 Å². The summed E-state index contributed by atoms with van der Waals surface area (Å²) < 4.78 is 6.13. The monoisotopic (exact) mass is 252 g/mol. The molecule has 0 saturated carbocycles. The molecule has 1 nitrogen and oxygen atoms in total. The van der Waals surface area contributed by atoms with Crippen LogP contribution in [0.25, 0.3) is 0 Å². The number of terminal acetylenes is 1. The molecular weight excluding hydrogens is 224 g/mol. The van der Waals surface area contributed by atoms with E-state index < -0.39 is 8.32 Å². The SMILES string of the molecule is C#CCC/C=C(\C)CCO[Si](C)(C)C(C)(C)C. The molecule has 0 heterocycles. The Kier molecular flexibility index (Phi) is 6.82. The Hall–Kier alpha value is -0.523. The van der Waals surface area contributed by atoms with Gasteiger partial charge in [-0.3, -0.25) is 0 Å². The molecule has 0 saturated heterocycles. The minimum Gasteiger partial charge on any atom is -0.417 e. The topological polar surface area (TPSA) is 9.23 Å². The fourth-order valence-electron chi connectivity index (χ4n) is 1.19. The lowest BCUT2D eigenvalue weighted by Crippen LogP contribution is -2.40. The molecule has 0 fully saturated rings. The van der Waals surface area contributed by atoms with E-state index in [9.17, 15) is 0 Å². The molecule has 0 radical (unpaired) electrons. The number of rotatable bonds is 6. The zero-order chi connectivity index (χ0) is 13.5. The summed E-state index contributed by atoms with van der Waals surface area (Å²) in [5.41, 5.74) is 1.39. The van der Waals surface area contributed by atoms with Crippen LogP contribution in [0.2, 0.25) is 18.1 Å². The number of hydrogen-bond acceptors (Lipinski definition) is 1. The predicted molar refractivity (Wildman–Crippen MR) is 79.6 cm³/mol. The van der Waals surface area contributed by atoms with E-state index in [1.165, 1.54) is 5.57 Å². The van der Waals surface area contributed by atoms with E-state index in [2.05, 4.69) is 52.8 Å². The van der Waals surface area contributed by atoms with Crippen molar-refractivity contribution >= 4 is 8.32 Å². The lowest BCUT2D eigenvalue weighted by molar-refractivity contribution is 0.291. The number of allylic oxidation sites excluding steroid dienone is 1. The normalized spacial score (nSPS) is 13.6. The summed E-state index contributed by atoms with van der Waals surface area (Å²) in [4.78, 5) is 0. The number of unbranched alkanes of at least 4 members (excludes halogenated alkanes) is 1. The van der Waals surface area contributed by atoms with Gasteiger partial charge in [0, 0.05) is 13.0 Å². The molecular formula is C15H28OSi. The zero-order valence-corrected chi connectivity index (χ0v) is 13.4. The van der Waals surface area contributed by atoms with Crippen molar-refractivity contribution in [2.75, 3.05) is 6.61 Å². The Morgan fingerprint density at radius 1 is 1.35 bits per heavy atom. The van der Waals surface area contributed by atoms with Crippen LogP contribution >= 0.6 is 0 Å². The first-order valence-corrected chi connectivity index (χ1v) is 9.34. The van der Waals surface area contributed by atoms with Crippen molar-refractivity contribution in [1.82, 2.24) is 0 Å². The van der Waals surface area contributed by atoms with Crippen molar-refractivity contribution in [2.45, 2.75) is 65.1 Å². The lowest BCUT2D eigenvalue weighted by Gasteiger charge is -2.36. The van der Waals surface area contributed by atoms with Crippen LogP contribution in [0.15, 0.2) is 11.6 Å². The zero-order valence-electron chi connectivity index (χ0n) is 12.4. The molecule has 98 valence electrons. The molecule has 0 aromatic carbocycles. The van der Waals surface area contributed by atoms with Crippen LogP contribution in [0.5, 0.6) is 0 Å². The van der Waals surface area contributed by atoms with Gasteiger partial charge < -0.3 is 4.43 Å². The van der Waals surface area contributed by atoms with Gasteiger partial charge in [0.25, 0.3) is 0 Å². The van der Waals surface area contributed by atoms with E-state index in [0.29, 0.717) is 5.04 Å². The molecule has 0 atom stereocenters. The summed E-state index contributed by atoms with van der Waals surface area (Å²) in [5.74, 6) is 2.65. The van der Waals surface area contributed by atoms with Crippen LogP contribution in [-0.4, -0.2) is 14.9 Å². The van der Waals surface area contributed by atoms with Crippen LogP contribution < -0.4 is 0 Å². The molecule has 0 aromatic heterocycles. The highest BCUT2D eigenvalue weighted by atomic mass is 28.4. The molecule has 0 unspecified atom stereocenters. The minimum atomic E-state index is -1.57. The molecule has 0 rings (SSSR count). The van der Waals surface area contributed by atoms with Gasteiger partial charge in [0.15, 0.2) is 8.32 Å². The molecule has 0 aromatic rings. The number of hydrogen-bond donors (Lipinski definition) is 0. The summed E-state index contributed by atoms with van der Waals surface area (Å²) in [7, 11) is -1.57. The lowest BCUT2D eigenvalue weighted by atomic mass is 10.2. The fourth-order valence-corrected chi connectivity index (χ4v) is 2.23. The van der Waals surface area contributed by atoms with E-state index in [1.54, 1.807) is 0 Å². The summed E-state index contributed by atoms with van der Waals surface area (Å²) in [6, 6.07) is 0. The molecule has 17 heavy (non-hydrogen) atoms. The molecule has 2 heteroatoms. The molecule has 0 aliphatic carbocycles. The fraction of sp³-hybridized carbons (Fsp3) is 0.733. The Labute approximate surface area is 109 Å². The second-order valence-electron chi connectivity index (χ2n) is 6.15. The smallest absolute Gasteiger partial charge is 0.191 e. The van der Waals surface area contributed by atoms with Crippen molar-refractivity contribution in [3.8, 4) is 12.3 Å². The van der Waals surface area contributed by atoms with E-state index in [1.807, 2.05) is 0 Å². The van der Waals surface area contributed by atoms with E-state index >= 15 is 0 Å². The maximum absolute atomic E-state index is 6.13. The van der Waals surface area contributed by atoms with E-state index in [-0.39, 0.29) is 0 Å². The highest BCUT2D eigenvalue weighted by Gasteiger charge is 2.36. The van der Waals surface area contributed by atoms with E-state index in [4.69, 9.17) is 10.8 Å². The Balaban J connectivity index is 4.00. The second-order valence-corrected chi connectivity index (χ2v) is 11.0. The van der Waals surface area contributed by atoms with Gasteiger partial charge in [0.05, 0.1) is 0 Å². The van der Waals surface area contributed by atoms with Crippen molar-refractivity contribution in [2.24, 2.45) is 0 Å². The first kappa shape index (κ1) is 16.5. The Morgan fingerprint density at radius 3 is 2.41 bits per heavy atom. The van der Waals surface area contributed by atoms with Gasteiger partial charge in [-0.15, -0.1) is 12.3 Å². The average Bonchev–Trinajstić information content (AvgIpc) is 2.16. The summed E-state index contributed by atoms with van der Waals surface area (Å²) in [5, 5.41) is 0.300. The van der Waals surface area contributed by atoms with Gasteiger partial charge in [0.1, 0.15) is 0 Å². The highest BCUT2D eigenvalue weighted by Crippen LogP contribution is 2.36. The van der Waals surface area contributed by atoms with E-state index in [0.717, 1.165) is 25.9 Å². The van der Waals surface area contributed by atoms with Crippen LogP contribution in [-0.2, 0) is 4.43 Å². The van der Waals surface area contributed by atoms with Gasteiger partial charge >= 0.3 is 0 Å². The maximum Gasteiger partial charge on any atom is 0.191 e.